The Bertz CT molecular complexity index is 561. The molecule has 1 aromatic carbocycles. The molecule has 94 valence electrons. The number of methoxy groups -OCH3 is 2. The summed E-state index contributed by atoms with van der Waals surface area (Å²) in [6.45, 7) is 0. The van der Waals surface area contributed by atoms with Crippen LogP contribution in [0.5, 0.6) is 11.5 Å². The number of aromatic amines is 1. The highest BCUT2D eigenvalue weighted by Gasteiger charge is 2.27. The normalized spacial score (nSPS) is 14.6. The van der Waals surface area contributed by atoms with E-state index in [-0.39, 0.29) is 0 Å². The van der Waals surface area contributed by atoms with Crippen LogP contribution in [0.15, 0.2) is 18.2 Å². The summed E-state index contributed by atoms with van der Waals surface area (Å²) >= 11 is 0. The maximum absolute atomic E-state index is 5.35. The molecule has 5 nitrogen and oxygen atoms in total. The van der Waals surface area contributed by atoms with Crippen LogP contribution < -0.4 is 9.47 Å². The van der Waals surface area contributed by atoms with Gasteiger partial charge in [0.05, 0.1) is 19.8 Å². The van der Waals surface area contributed by atoms with Gasteiger partial charge in [0.15, 0.2) is 5.82 Å². The minimum absolute atomic E-state index is 0.565. The first-order chi connectivity index (χ1) is 8.81. The van der Waals surface area contributed by atoms with Gasteiger partial charge < -0.3 is 9.47 Å². The van der Waals surface area contributed by atoms with Crippen LogP contribution in [0.25, 0.3) is 11.4 Å². The van der Waals surface area contributed by atoms with Gasteiger partial charge in [0.2, 0.25) is 0 Å². The molecule has 1 aliphatic rings. The van der Waals surface area contributed by atoms with Crippen molar-refractivity contribution in [3.63, 3.8) is 0 Å². The molecule has 0 amide bonds. The van der Waals surface area contributed by atoms with Crippen LogP contribution in [0.2, 0.25) is 0 Å². The topological polar surface area (TPSA) is 60.0 Å². The summed E-state index contributed by atoms with van der Waals surface area (Å²) in [6.07, 6.45) is 2.41. The average Bonchev–Trinajstić information content (AvgIpc) is 3.16. The van der Waals surface area contributed by atoms with E-state index in [1.165, 1.54) is 12.8 Å². The van der Waals surface area contributed by atoms with E-state index in [4.69, 9.17) is 9.47 Å². The molecule has 0 bridgehead atoms. The summed E-state index contributed by atoms with van der Waals surface area (Å²) < 4.78 is 10.5. The molecule has 0 unspecified atom stereocenters. The van der Waals surface area contributed by atoms with Crippen LogP contribution in [0.1, 0.15) is 24.6 Å². The fourth-order valence-corrected chi connectivity index (χ4v) is 1.92. The lowest BCUT2D eigenvalue weighted by atomic mass is 10.2. The van der Waals surface area contributed by atoms with E-state index >= 15 is 0 Å². The summed E-state index contributed by atoms with van der Waals surface area (Å²) in [5.41, 5.74) is 0.876. The van der Waals surface area contributed by atoms with Crippen molar-refractivity contribution in [1.82, 2.24) is 15.2 Å². The molecule has 18 heavy (non-hydrogen) atoms. The van der Waals surface area contributed by atoms with Gasteiger partial charge in [-0.15, -0.1) is 0 Å². The van der Waals surface area contributed by atoms with Crippen LogP contribution in [0.4, 0.5) is 0 Å². The monoisotopic (exact) mass is 245 g/mol. The Morgan fingerprint density at radius 2 is 2.06 bits per heavy atom. The van der Waals surface area contributed by atoms with E-state index in [9.17, 15) is 0 Å². The lowest BCUT2D eigenvalue weighted by molar-refractivity contribution is 0.395. The molecule has 0 spiro atoms. The first-order valence-electron chi connectivity index (χ1n) is 5.96. The van der Waals surface area contributed by atoms with Crippen molar-refractivity contribution in [2.75, 3.05) is 14.2 Å². The van der Waals surface area contributed by atoms with Crippen LogP contribution in [0.3, 0.4) is 0 Å². The highest BCUT2D eigenvalue weighted by Crippen LogP contribution is 2.39. The first-order valence-corrected chi connectivity index (χ1v) is 5.96. The predicted octanol–water partition coefficient (Wildman–Crippen LogP) is 2.37. The standard InChI is InChI=1S/C13H15N3O2/c1-17-9-5-6-10(11(7-9)18-2)13-14-12(15-16-13)8-3-4-8/h5-8H,3-4H2,1-2H3,(H,14,15,16). The molecule has 0 atom stereocenters. The molecule has 0 radical (unpaired) electrons. The fraction of sp³-hybridized carbons (Fsp3) is 0.385. The van der Waals surface area contributed by atoms with E-state index in [0.29, 0.717) is 11.7 Å². The van der Waals surface area contributed by atoms with Gasteiger partial charge in [0.25, 0.3) is 0 Å². The zero-order valence-electron chi connectivity index (χ0n) is 10.4. The summed E-state index contributed by atoms with van der Waals surface area (Å²) in [5, 5.41) is 7.25. The second-order valence-electron chi connectivity index (χ2n) is 4.38. The van der Waals surface area contributed by atoms with Crippen molar-refractivity contribution >= 4 is 0 Å². The lowest BCUT2D eigenvalue weighted by Gasteiger charge is -2.07. The Hall–Kier alpha value is -2.04. The Morgan fingerprint density at radius 3 is 2.72 bits per heavy atom. The van der Waals surface area contributed by atoms with Crippen LogP contribution >= 0.6 is 0 Å². The van der Waals surface area contributed by atoms with E-state index < -0.39 is 0 Å². The third-order valence-corrected chi connectivity index (χ3v) is 3.12. The molecule has 1 N–H and O–H groups in total. The van der Waals surface area contributed by atoms with Gasteiger partial charge in [-0.3, -0.25) is 5.10 Å². The molecule has 1 saturated carbocycles. The maximum atomic E-state index is 5.35. The van der Waals surface area contributed by atoms with Crippen molar-refractivity contribution in [3.8, 4) is 22.9 Å². The van der Waals surface area contributed by atoms with Gasteiger partial charge in [-0.25, -0.2) is 4.98 Å². The molecule has 3 rings (SSSR count). The van der Waals surface area contributed by atoms with Crippen molar-refractivity contribution in [2.45, 2.75) is 18.8 Å². The third kappa shape index (κ3) is 1.92. The maximum Gasteiger partial charge on any atom is 0.184 e. The summed E-state index contributed by atoms with van der Waals surface area (Å²) in [5.74, 6) is 3.69. The van der Waals surface area contributed by atoms with Gasteiger partial charge in [0.1, 0.15) is 17.3 Å². The molecule has 0 saturated heterocycles. The molecule has 0 aliphatic heterocycles. The molecule has 2 aromatic rings. The second kappa shape index (κ2) is 4.33. The van der Waals surface area contributed by atoms with Gasteiger partial charge >= 0.3 is 0 Å². The largest absolute Gasteiger partial charge is 0.497 e. The Kier molecular flexibility index (Phi) is 2.66. The summed E-state index contributed by atoms with van der Waals surface area (Å²) in [7, 11) is 3.26. The van der Waals surface area contributed by atoms with Crippen molar-refractivity contribution in [3.05, 3.63) is 24.0 Å². The van der Waals surface area contributed by atoms with Crippen molar-refractivity contribution < 1.29 is 9.47 Å². The number of hydrogen-bond donors (Lipinski definition) is 1. The Balaban J connectivity index is 1.98. The molecular weight excluding hydrogens is 230 g/mol. The number of rotatable bonds is 4. The number of aromatic nitrogens is 3. The summed E-state index contributed by atoms with van der Waals surface area (Å²) in [4.78, 5) is 4.52. The zero-order chi connectivity index (χ0) is 12.5. The Morgan fingerprint density at radius 1 is 1.22 bits per heavy atom. The smallest absolute Gasteiger partial charge is 0.184 e. The number of nitrogens with one attached hydrogen (secondary N) is 1. The van der Waals surface area contributed by atoms with Gasteiger partial charge in [0, 0.05) is 12.0 Å². The Labute approximate surface area is 105 Å². The van der Waals surface area contributed by atoms with Crippen LogP contribution in [-0.2, 0) is 0 Å². The predicted molar refractivity (Wildman–Crippen MR) is 66.9 cm³/mol. The minimum atomic E-state index is 0.565. The average molecular weight is 245 g/mol. The SMILES string of the molecule is COc1ccc(-c2n[nH]c(C3CC3)n2)c(OC)c1. The highest BCUT2D eigenvalue weighted by atomic mass is 16.5. The number of nitrogens with zero attached hydrogens (tertiary/aromatic N) is 2. The zero-order valence-corrected chi connectivity index (χ0v) is 10.4. The molecular formula is C13H15N3O2. The van der Waals surface area contributed by atoms with Gasteiger partial charge in [-0.1, -0.05) is 0 Å². The molecule has 1 fully saturated rings. The number of ether oxygens (including phenoxy) is 2. The summed E-state index contributed by atoms with van der Waals surface area (Å²) in [6, 6.07) is 5.63. The van der Waals surface area contributed by atoms with Gasteiger partial charge in [-0.2, -0.15) is 5.10 Å². The number of benzene rings is 1. The van der Waals surface area contributed by atoms with E-state index in [1.54, 1.807) is 14.2 Å². The van der Waals surface area contributed by atoms with Crippen molar-refractivity contribution in [1.29, 1.82) is 0 Å². The number of hydrogen-bond acceptors (Lipinski definition) is 4. The third-order valence-electron chi connectivity index (χ3n) is 3.12. The van der Waals surface area contributed by atoms with Crippen molar-refractivity contribution in [2.24, 2.45) is 0 Å². The molecule has 5 heteroatoms. The second-order valence-corrected chi connectivity index (χ2v) is 4.38. The number of H-pyrrole nitrogens is 1. The molecule has 1 aliphatic carbocycles. The molecule has 1 heterocycles. The van der Waals surface area contributed by atoms with E-state index in [1.807, 2.05) is 18.2 Å². The minimum Gasteiger partial charge on any atom is -0.497 e. The first kappa shape index (κ1) is 11.1. The van der Waals surface area contributed by atoms with Gasteiger partial charge in [-0.05, 0) is 25.0 Å². The molecule has 1 aromatic heterocycles. The lowest BCUT2D eigenvalue weighted by Crippen LogP contribution is -1.91. The van der Waals surface area contributed by atoms with E-state index in [2.05, 4.69) is 15.2 Å². The quantitative estimate of drug-likeness (QED) is 0.898. The fourth-order valence-electron chi connectivity index (χ4n) is 1.92. The van der Waals surface area contributed by atoms with Crippen LogP contribution in [-0.4, -0.2) is 29.4 Å². The van der Waals surface area contributed by atoms with E-state index in [0.717, 1.165) is 22.9 Å². The van der Waals surface area contributed by atoms with Crippen LogP contribution in [0, 0.1) is 0 Å². The highest BCUT2D eigenvalue weighted by molar-refractivity contribution is 5.65.